The number of rotatable bonds is 52. The first-order valence-corrected chi connectivity index (χ1v) is 40.9. The monoisotopic (exact) mass is 1660 g/mol. The smallest absolute Gasteiger partial charge is 0.408 e. The fraction of sp³-hybridized carbons (Fsp3) is 0.707. The molecule has 1 aliphatic heterocycles. The third-order valence-corrected chi connectivity index (χ3v) is 23.2. The molecule has 13 N–H and O–H groups in total. The number of hydrogen-bond acceptors (Lipinski definition) is 23. The molecule has 5 aliphatic carbocycles. The van der Waals surface area contributed by atoms with Gasteiger partial charge in [0.2, 0.25) is 35.3 Å². The Morgan fingerprint density at radius 3 is 1.98 bits per heavy atom. The number of halogens is 2. The first kappa shape index (κ1) is 95.6. The molecule has 35 heteroatoms. The van der Waals surface area contributed by atoms with Crippen LogP contribution in [0.15, 0.2) is 60.7 Å². The Hall–Kier alpha value is -8.58. The molecule has 1 heterocycles. The van der Waals surface area contributed by atoms with Gasteiger partial charge in [0.25, 0.3) is 0 Å². The first-order chi connectivity index (χ1) is 55.7. The van der Waals surface area contributed by atoms with E-state index in [1.54, 1.807) is 34.6 Å². The Bertz CT molecular complexity index is 3630. The number of carbonyl (C=O) groups excluding carboxylic acids is 11. The van der Waals surface area contributed by atoms with Crippen molar-refractivity contribution in [3.05, 3.63) is 66.3 Å². The van der Waals surface area contributed by atoms with E-state index < -0.39 is 199 Å². The molecule has 2 unspecified atom stereocenters. The van der Waals surface area contributed by atoms with E-state index >= 15 is 8.78 Å². The van der Waals surface area contributed by atoms with Crippen molar-refractivity contribution in [1.82, 2.24) is 37.2 Å². The molecule has 0 bridgehead atoms. The number of anilines is 1. The number of aliphatic hydroxyl groups is 2. The summed E-state index contributed by atoms with van der Waals surface area (Å²) in [5.74, 6) is -9.00. The summed E-state index contributed by atoms with van der Waals surface area (Å²) in [6, 6.07) is -2.17. The molecule has 0 spiro atoms. The molecule has 5 fully saturated rings. The molecular formula is C82H123F2N9O24. The van der Waals surface area contributed by atoms with Crippen LogP contribution >= 0.6 is 0 Å². The van der Waals surface area contributed by atoms with Gasteiger partial charge in [0.1, 0.15) is 43.0 Å². The van der Waals surface area contributed by atoms with Gasteiger partial charge < -0.3 is 106 Å². The number of Topliss-reactive ketones (excluding diaryl/α,β-unsaturated/α-hetero) is 1. The molecule has 33 nitrogen and oxygen atoms in total. The largest absolute Gasteiger partial charge is 0.481 e. The fourth-order valence-corrected chi connectivity index (χ4v) is 17.0. The van der Waals surface area contributed by atoms with Gasteiger partial charge in [-0.15, -0.1) is 6.58 Å². The summed E-state index contributed by atoms with van der Waals surface area (Å²) in [6.07, 6.45) is 3.07. The number of carboxylic acids is 1. The van der Waals surface area contributed by atoms with Gasteiger partial charge in [-0.05, 0) is 148 Å². The Labute approximate surface area is 681 Å². The second-order valence-electron chi connectivity index (χ2n) is 32.2. The molecule has 654 valence electrons. The molecular weight excluding hydrogens is 1530 g/mol. The highest BCUT2D eigenvalue weighted by atomic mass is 19.1. The van der Waals surface area contributed by atoms with Crippen molar-refractivity contribution in [2.45, 2.75) is 231 Å². The number of aliphatic carboxylic acids is 1. The Kier molecular flexibility index (Phi) is 37.2. The van der Waals surface area contributed by atoms with E-state index in [9.17, 15) is 72.9 Å². The van der Waals surface area contributed by atoms with Gasteiger partial charge in [-0.25, -0.2) is 28.0 Å². The summed E-state index contributed by atoms with van der Waals surface area (Å²) in [7, 11) is 0. The minimum Gasteiger partial charge on any atom is -0.481 e. The number of alkyl carbamates (subject to hydrolysis) is 2. The number of esters is 1. The van der Waals surface area contributed by atoms with Crippen molar-refractivity contribution in [3.63, 3.8) is 0 Å². The number of hydrogen-bond donors (Lipinski definition) is 12. The maximum atomic E-state index is 18.1. The number of nitrogens with two attached hydrogens (primary N) is 1. The molecule has 9 amide bonds. The third-order valence-electron chi connectivity index (χ3n) is 23.2. The predicted molar refractivity (Wildman–Crippen MR) is 419 cm³/mol. The van der Waals surface area contributed by atoms with E-state index in [-0.39, 0.29) is 108 Å². The van der Waals surface area contributed by atoms with Crippen molar-refractivity contribution in [1.29, 1.82) is 0 Å². The summed E-state index contributed by atoms with van der Waals surface area (Å²) >= 11 is 0. The first-order valence-electron chi connectivity index (χ1n) is 40.9. The number of carboxylic acid groups (broad SMARTS) is 1. The lowest BCUT2D eigenvalue weighted by Gasteiger charge is -2.63. The van der Waals surface area contributed by atoms with E-state index in [4.69, 9.17) is 48.4 Å². The van der Waals surface area contributed by atoms with Crippen LogP contribution in [-0.4, -0.2) is 238 Å². The van der Waals surface area contributed by atoms with Gasteiger partial charge in [0, 0.05) is 48.4 Å². The van der Waals surface area contributed by atoms with Crippen LogP contribution in [0.25, 0.3) is 0 Å². The number of nitrogens with one attached hydrogen (secondary N) is 8. The van der Waals surface area contributed by atoms with Gasteiger partial charge in [0.15, 0.2) is 29.9 Å². The highest BCUT2D eigenvalue weighted by molar-refractivity contribution is 6.02. The van der Waals surface area contributed by atoms with Crippen molar-refractivity contribution in [3.8, 4) is 0 Å². The number of allylic oxidation sites excluding steroid dienone is 5. The standard InChI is InChI=1S/C82H123F2N9O24/c1-10-13-17-53-54(18-14-11-2)55(53)46-115-77(107)87-30-32-110-34-36-112-38-37-111-35-33-109-31-27-67(98)89-61(24-25-68(99)100)72(102)93-70(49(6)7)74(104)90-60(19-15-29-86-76(85)106)71(101)88-51-22-20-50(21-23-51)45-114-78(108)92-63(44-94)73(103)91-62(39-48(4)5)75(105)113-47-65(97)82-66(116-69(117-82)16-12-3)42-56-57-41-59(83)58-40-52(95)26-28-79(58,8)81(57,84)64(96)43-80(56,82)9/h10,20-23,26,28,40,48-49,53-57,59-64,66,69-70,94,96H,1,11-19,24-25,27,29-39,41-47H2,2-9H3,(H,87,107)(H,88,101)(H,89,98)(H,90,104)(H,91,103)(H,92,108)(H,93,102)(H,99,100)(H3,85,86,106)/t53-,54+,55-,56?,57-,59-,60-,61-,62-,63-,64-,66+,69?,70-,79-,80-,81-,82+/m0/s1. The van der Waals surface area contributed by atoms with E-state index in [0.717, 1.165) is 31.8 Å². The summed E-state index contributed by atoms with van der Waals surface area (Å²) < 4.78 is 85.9. The maximum absolute atomic E-state index is 18.1. The third kappa shape index (κ3) is 25.7. The van der Waals surface area contributed by atoms with E-state index in [0.29, 0.717) is 62.5 Å². The normalized spacial score (nSPS) is 26.5. The predicted octanol–water partition coefficient (Wildman–Crippen LogP) is 5.69. The van der Waals surface area contributed by atoms with E-state index in [1.807, 2.05) is 13.0 Å². The van der Waals surface area contributed by atoms with E-state index in [2.05, 4.69) is 56.0 Å². The van der Waals surface area contributed by atoms with Gasteiger partial charge in [-0.3, -0.25) is 38.4 Å². The van der Waals surface area contributed by atoms with Gasteiger partial charge in [-0.1, -0.05) is 92.0 Å². The molecule has 1 saturated heterocycles. The zero-order valence-electron chi connectivity index (χ0n) is 68.5. The van der Waals surface area contributed by atoms with Crippen LogP contribution in [-0.2, 0) is 92.4 Å². The number of fused-ring (bicyclic) bond motifs is 7. The number of ether oxygens (including phenoxy) is 9. The summed E-state index contributed by atoms with van der Waals surface area (Å²) in [4.78, 5) is 159. The van der Waals surface area contributed by atoms with Crippen LogP contribution in [0.1, 0.15) is 164 Å². The molecule has 117 heavy (non-hydrogen) atoms. The van der Waals surface area contributed by atoms with Crippen LogP contribution in [0.3, 0.4) is 0 Å². The lowest BCUT2D eigenvalue weighted by molar-refractivity contribution is -0.235. The Balaban J connectivity index is 0.832. The van der Waals surface area contributed by atoms with Crippen molar-refractivity contribution < 1.29 is 124 Å². The molecule has 1 aromatic rings. The zero-order valence-corrected chi connectivity index (χ0v) is 68.5. The van der Waals surface area contributed by atoms with Crippen LogP contribution < -0.4 is 48.3 Å². The maximum Gasteiger partial charge on any atom is 0.408 e. The lowest BCUT2D eigenvalue weighted by Crippen LogP contribution is -2.71. The number of primary amides is 1. The van der Waals surface area contributed by atoms with Crippen LogP contribution in [0.4, 0.5) is 28.9 Å². The average Bonchev–Trinajstić information content (AvgIpc) is 1.51. The van der Waals surface area contributed by atoms with Gasteiger partial charge in [-0.2, -0.15) is 0 Å². The molecule has 6 aliphatic rings. The number of aliphatic hydroxyl groups excluding tert-OH is 2. The number of amides is 9. The topological polar surface area (TPSA) is 471 Å². The molecule has 0 aromatic heterocycles. The molecule has 7 rings (SSSR count). The summed E-state index contributed by atoms with van der Waals surface area (Å²) in [6.45, 7) is 17.7. The number of unbranched alkanes of at least 4 members (excludes halogenated alkanes) is 1. The van der Waals surface area contributed by atoms with Crippen LogP contribution in [0, 0.1) is 52.3 Å². The van der Waals surface area contributed by atoms with Crippen LogP contribution in [0.5, 0.6) is 0 Å². The lowest BCUT2D eigenvalue weighted by atomic mass is 9.44. The Morgan fingerprint density at radius 1 is 0.701 bits per heavy atom. The van der Waals surface area contributed by atoms with E-state index in [1.165, 1.54) is 49.8 Å². The average molecular weight is 1660 g/mol. The minimum atomic E-state index is -2.46. The van der Waals surface area contributed by atoms with Gasteiger partial charge in [0.05, 0.1) is 78.3 Å². The summed E-state index contributed by atoms with van der Waals surface area (Å²) in [5.41, 5.74) is -1.70. The number of urea groups is 1. The molecule has 18 atom stereocenters. The highest BCUT2D eigenvalue weighted by Crippen LogP contribution is 2.72. The fourth-order valence-electron chi connectivity index (χ4n) is 17.0. The Morgan fingerprint density at radius 2 is 1.35 bits per heavy atom. The van der Waals surface area contributed by atoms with Crippen LogP contribution in [0.2, 0.25) is 0 Å². The SMILES string of the molecule is C=CCC[C@H]1[C@@H](CCCC)[C@H]1COC(=O)NCCOCCOCCOCCOCCC(=O)N[C@@H](CCC(=O)O)C(=O)N[C@H](C(=O)N[C@@H](CCCNC(N)=O)C(=O)Nc1ccc(COC(=O)N[C@@H](CO)C(=O)N[C@@H](CC(C)C)C(=O)OCC(=O)[C@@]23OC(CCC)O[C@@H]2CC2[C@@H]4C[C@H](F)C5=CC(=O)C=C[C@]5(C)[C@@]4(F)[C@@H](O)C[C@@]23C)cc1)C(C)C. The number of benzene rings is 1. The van der Waals surface area contributed by atoms with Crippen molar-refractivity contribution >= 4 is 76.9 Å². The quantitative estimate of drug-likeness (QED) is 0.0161. The number of carbonyl (C=O) groups is 12. The molecule has 4 saturated carbocycles. The number of ketones is 2. The van der Waals surface area contributed by atoms with Crippen molar-refractivity contribution in [2.75, 3.05) is 91.1 Å². The minimum absolute atomic E-state index is 0.00586. The summed E-state index contributed by atoms with van der Waals surface area (Å²) in [5, 5.41) is 52.2. The highest BCUT2D eigenvalue weighted by Gasteiger charge is 2.80. The number of alkyl halides is 2. The molecule has 0 radical (unpaired) electrons. The zero-order chi connectivity index (χ0) is 85.8. The van der Waals surface area contributed by atoms with Gasteiger partial charge >= 0.3 is 30.2 Å². The molecule has 1 aromatic carbocycles. The van der Waals surface area contributed by atoms with Crippen molar-refractivity contribution in [2.24, 2.45) is 58.0 Å². The second kappa shape index (κ2) is 45.6. The second-order valence-corrected chi connectivity index (χ2v) is 32.2.